The van der Waals surface area contributed by atoms with Gasteiger partial charge in [-0.15, -0.1) is 0 Å². The lowest BCUT2D eigenvalue weighted by atomic mass is 10.6. The Bertz CT molecular complexity index is 177. The van der Waals surface area contributed by atoms with Crippen molar-refractivity contribution in [3.05, 3.63) is 0 Å². The van der Waals surface area contributed by atoms with Crippen LogP contribution in [0.15, 0.2) is 0 Å². The molecule has 0 rings (SSSR count). The van der Waals surface area contributed by atoms with Crippen molar-refractivity contribution >= 4 is 35.8 Å². The molecule has 72 valence electrons. The average Bonchev–Trinajstić information content (AvgIpc) is 2.02. The first-order valence-corrected chi connectivity index (χ1v) is 7.47. The Hall–Kier alpha value is 0.430. The Morgan fingerprint density at radius 2 is 2.33 bits per heavy atom. The molecule has 0 aromatic carbocycles. The standard InChI is InChI=1S/C6H14NO2PS2/c1-3-5-12-10(8,7-6-11)9-4-2/h6H,3-5H2,1-2H3,(H,7,8,11). The van der Waals surface area contributed by atoms with Crippen LogP contribution in [0, 0.1) is 0 Å². The minimum absolute atomic E-state index is 0.435. The summed E-state index contributed by atoms with van der Waals surface area (Å²) in [5.41, 5.74) is 1.25. The first-order valence-electron chi connectivity index (χ1n) is 3.79. The summed E-state index contributed by atoms with van der Waals surface area (Å²) in [6.45, 7) is 1.54. The summed E-state index contributed by atoms with van der Waals surface area (Å²) in [7, 11) is 0. The normalized spacial score (nSPS) is 15.2. The Morgan fingerprint density at radius 1 is 1.67 bits per heavy atom. The average molecular weight is 227 g/mol. The maximum absolute atomic E-state index is 11.7. The van der Waals surface area contributed by atoms with Crippen LogP contribution in [0.25, 0.3) is 0 Å². The molecule has 0 fully saturated rings. The molecule has 6 heteroatoms. The van der Waals surface area contributed by atoms with E-state index in [1.165, 1.54) is 16.9 Å². The molecular weight excluding hydrogens is 213 g/mol. The lowest BCUT2D eigenvalue weighted by molar-refractivity contribution is 0.343. The fourth-order valence-corrected chi connectivity index (χ4v) is 4.48. The minimum atomic E-state index is -2.73. The summed E-state index contributed by atoms with van der Waals surface area (Å²) in [5.74, 6) is 0.813. The van der Waals surface area contributed by atoms with Gasteiger partial charge in [-0.3, -0.25) is 4.57 Å². The topological polar surface area (TPSA) is 38.3 Å². The van der Waals surface area contributed by atoms with E-state index in [4.69, 9.17) is 4.52 Å². The zero-order valence-electron chi connectivity index (χ0n) is 7.28. The van der Waals surface area contributed by atoms with Gasteiger partial charge in [0.2, 0.25) is 0 Å². The largest absolute Gasteiger partial charge is 0.351 e. The van der Waals surface area contributed by atoms with Gasteiger partial charge in [0.15, 0.2) is 0 Å². The molecule has 1 N–H and O–H groups in total. The summed E-state index contributed by atoms with van der Waals surface area (Å²) in [6.07, 6.45) is 0.973. The summed E-state index contributed by atoms with van der Waals surface area (Å²) in [5, 5.41) is 2.58. The van der Waals surface area contributed by atoms with Crippen LogP contribution in [-0.4, -0.2) is 17.9 Å². The van der Waals surface area contributed by atoms with E-state index in [0.29, 0.717) is 6.61 Å². The van der Waals surface area contributed by atoms with Gasteiger partial charge in [-0.05, 0) is 24.7 Å². The highest BCUT2D eigenvalue weighted by Gasteiger charge is 2.20. The predicted molar refractivity (Wildman–Crippen MR) is 58.8 cm³/mol. The Labute approximate surface area is 82.9 Å². The number of hydrogen-bond donors (Lipinski definition) is 1. The third-order valence-electron chi connectivity index (χ3n) is 0.975. The Morgan fingerprint density at radius 3 is 2.75 bits per heavy atom. The summed E-state index contributed by atoms with van der Waals surface area (Å²) in [4.78, 5) is 0. The van der Waals surface area contributed by atoms with Crippen molar-refractivity contribution in [3.8, 4) is 0 Å². The van der Waals surface area contributed by atoms with Crippen molar-refractivity contribution in [2.45, 2.75) is 20.3 Å². The van der Waals surface area contributed by atoms with Gasteiger partial charge < -0.3 is 9.61 Å². The second-order valence-electron chi connectivity index (χ2n) is 2.00. The first kappa shape index (κ1) is 12.4. The quantitative estimate of drug-likeness (QED) is 0.535. The van der Waals surface area contributed by atoms with Crippen LogP contribution in [0.3, 0.4) is 0 Å². The molecule has 0 bridgehead atoms. The minimum Gasteiger partial charge on any atom is -0.306 e. The van der Waals surface area contributed by atoms with Gasteiger partial charge in [0.05, 0.1) is 12.1 Å². The number of thiocarbonyl (C=S) groups is 1. The fraction of sp³-hybridized carbons (Fsp3) is 0.833. The maximum atomic E-state index is 11.7. The first-order chi connectivity index (χ1) is 5.68. The maximum Gasteiger partial charge on any atom is 0.351 e. The van der Waals surface area contributed by atoms with Crippen LogP contribution in [0.2, 0.25) is 0 Å². The van der Waals surface area contributed by atoms with E-state index in [1.54, 1.807) is 0 Å². The summed E-state index contributed by atoms with van der Waals surface area (Å²) in [6, 6.07) is 0. The van der Waals surface area contributed by atoms with Crippen LogP contribution in [-0.2, 0) is 9.09 Å². The lowest BCUT2D eigenvalue weighted by Crippen LogP contribution is -2.06. The van der Waals surface area contributed by atoms with Crippen LogP contribution in [0.5, 0.6) is 0 Å². The van der Waals surface area contributed by atoms with Crippen molar-refractivity contribution in [1.82, 2.24) is 5.09 Å². The molecule has 0 heterocycles. The zero-order valence-corrected chi connectivity index (χ0v) is 9.81. The third kappa shape index (κ3) is 5.14. The molecule has 0 aliphatic rings. The van der Waals surface area contributed by atoms with Crippen molar-refractivity contribution in [1.29, 1.82) is 0 Å². The third-order valence-corrected chi connectivity index (χ3v) is 5.44. The molecule has 0 aromatic heterocycles. The molecule has 0 spiro atoms. The Balaban J connectivity index is 3.98. The van der Waals surface area contributed by atoms with Crippen LogP contribution >= 0.6 is 30.3 Å². The smallest absolute Gasteiger partial charge is 0.306 e. The van der Waals surface area contributed by atoms with Gasteiger partial charge in [-0.1, -0.05) is 19.1 Å². The molecule has 0 saturated heterocycles. The highest BCUT2D eigenvalue weighted by atomic mass is 32.7. The summed E-state index contributed by atoms with van der Waals surface area (Å²) < 4.78 is 16.8. The molecule has 0 amide bonds. The molecule has 0 radical (unpaired) electrons. The monoisotopic (exact) mass is 227 g/mol. The molecule has 0 saturated carbocycles. The van der Waals surface area contributed by atoms with E-state index in [2.05, 4.69) is 17.3 Å². The van der Waals surface area contributed by atoms with E-state index in [1.807, 2.05) is 13.8 Å². The SMILES string of the molecule is CCCSP(=O)(NC=S)OCC. The van der Waals surface area contributed by atoms with E-state index >= 15 is 0 Å². The molecule has 12 heavy (non-hydrogen) atoms. The van der Waals surface area contributed by atoms with E-state index in [0.717, 1.165) is 12.2 Å². The lowest BCUT2D eigenvalue weighted by Gasteiger charge is -2.15. The van der Waals surface area contributed by atoms with Crippen molar-refractivity contribution in [3.63, 3.8) is 0 Å². The van der Waals surface area contributed by atoms with Crippen LogP contribution in [0.4, 0.5) is 0 Å². The van der Waals surface area contributed by atoms with Crippen LogP contribution in [0.1, 0.15) is 20.3 Å². The van der Waals surface area contributed by atoms with Crippen molar-refractivity contribution in [2.24, 2.45) is 0 Å². The van der Waals surface area contributed by atoms with Crippen molar-refractivity contribution < 1.29 is 9.09 Å². The van der Waals surface area contributed by atoms with Crippen LogP contribution < -0.4 is 5.09 Å². The molecule has 0 aromatic rings. The molecule has 0 aliphatic heterocycles. The zero-order chi connectivity index (χ0) is 9.45. The number of hydrogen-bond acceptors (Lipinski definition) is 4. The molecular formula is C6H14NO2PS2. The molecule has 1 unspecified atom stereocenters. The molecule has 0 aliphatic carbocycles. The number of nitrogens with one attached hydrogen (secondary N) is 1. The predicted octanol–water partition coefficient (Wildman–Crippen LogP) is 2.82. The second-order valence-corrected chi connectivity index (χ2v) is 6.63. The van der Waals surface area contributed by atoms with Gasteiger partial charge in [0, 0.05) is 5.75 Å². The van der Waals surface area contributed by atoms with E-state index < -0.39 is 6.72 Å². The van der Waals surface area contributed by atoms with E-state index in [-0.39, 0.29) is 0 Å². The second kappa shape index (κ2) is 6.89. The van der Waals surface area contributed by atoms with Gasteiger partial charge in [-0.25, -0.2) is 0 Å². The highest BCUT2D eigenvalue weighted by molar-refractivity contribution is 8.56. The van der Waals surface area contributed by atoms with E-state index in [9.17, 15) is 4.57 Å². The number of rotatable bonds is 7. The van der Waals surface area contributed by atoms with Gasteiger partial charge in [0.1, 0.15) is 0 Å². The Kier molecular flexibility index (Phi) is 7.14. The summed E-state index contributed by atoms with van der Waals surface area (Å²) >= 11 is 5.86. The van der Waals surface area contributed by atoms with Gasteiger partial charge in [-0.2, -0.15) is 0 Å². The fourth-order valence-electron chi connectivity index (χ4n) is 0.558. The van der Waals surface area contributed by atoms with Gasteiger partial charge in [0.25, 0.3) is 0 Å². The molecule has 1 atom stereocenters. The van der Waals surface area contributed by atoms with Crippen molar-refractivity contribution in [2.75, 3.05) is 12.4 Å². The molecule has 3 nitrogen and oxygen atoms in total. The highest BCUT2D eigenvalue weighted by Crippen LogP contribution is 2.55. The van der Waals surface area contributed by atoms with Gasteiger partial charge >= 0.3 is 6.72 Å².